The number of nitrogens with one attached hydrogen (secondary N) is 11. The van der Waals surface area contributed by atoms with Gasteiger partial charge in [-0.25, -0.2) is 0 Å². The molecule has 5 heterocycles. The molecule has 0 saturated carbocycles. The van der Waals surface area contributed by atoms with E-state index >= 15 is 33.6 Å². The number of H-pyrrole nitrogens is 1. The molecule has 1 unspecified atom stereocenters. The van der Waals surface area contributed by atoms with E-state index in [0.717, 1.165) is 14.7 Å². The minimum Gasteiger partial charge on any atom is -0.508 e. The van der Waals surface area contributed by atoms with Crippen LogP contribution in [0.2, 0.25) is 0 Å². The summed E-state index contributed by atoms with van der Waals surface area (Å²) in [6.07, 6.45) is 1.55. The zero-order valence-corrected chi connectivity index (χ0v) is 75.5. The molecule has 16 amide bonds. The smallest absolute Gasteiger partial charge is 0.294 e. The van der Waals surface area contributed by atoms with Crippen molar-refractivity contribution in [2.24, 2.45) is 34.8 Å². The van der Waals surface area contributed by atoms with Crippen molar-refractivity contribution >= 4 is 123 Å². The molecule has 41 nitrogen and oxygen atoms in total. The normalized spacial score (nSPS) is 25.4. The van der Waals surface area contributed by atoms with Crippen LogP contribution in [0.5, 0.6) is 5.75 Å². The summed E-state index contributed by atoms with van der Waals surface area (Å²) in [6, 6.07) is -1.39. The number of unbranched alkanes of at least 4 members (excludes halogenated alkanes) is 2. The maximum absolute atomic E-state index is 15.9. The largest absolute Gasteiger partial charge is 0.508 e. The first-order valence-corrected chi connectivity index (χ1v) is 44.3. The van der Waals surface area contributed by atoms with E-state index in [1.807, 2.05) is 13.8 Å². The van der Waals surface area contributed by atoms with Gasteiger partial charge in [0.2, 0.25) is 94.5 Å². The Kier molecular flexibility index (Phi) is 38.5. The standard InChI is InChI=1S/C89H129N21O20/c1-11-13-23-70-82(122)98-61(34-49(3)4)79(119)104-68(76(93)116)43-94-44-75(115)96-64(36-52-27-29-55(112)30-28-52)85(125)105(8)51(7)77(117)100-66(40-74(92)114)87(127)109-33-19-26-71(109)83(123)103-67(41-91)81(121)101-63(35-50(5)6)88(128)110-46-56(113)39-73(110)84(124)99-62(37-53-42-95-59-22-17-15-20-57(53)59)80(120)97-60(31-32-90)78(118)102-65(86(126)107(10)72(24-14-12-2)89(129)106(70)9)38-54-45-108(47-130-48-111)69-25-18-16-21-58(54)69/h15-18,20-22,25,27-30,42,45,48-51,56,60-68,70-73,94-95,112-113H,11-14,19,23-24,26,31-41,43-44,46-47,90-91H2,1-10H3,(H2,92,114)(H2,93,116)(H,96,115)(H,97,120)(H,98,122)(H,99,124)(H,100,117)(H,101,121)(H,102,118)(H,103,123)(H,104,119)/t51-,56+,60-,61?,62-,63-,64-,65-,66-,67-,68-,70-,71-,72-,73-/m0/s1. The van der Waals surface area contributed by atoms with Crippen LogP contribution in [0.25, 0.3) is 21.8 Å². The molecule has 8 rings (SSSR count). The van der Waals surface area contributed by atoms with Gasteiger partial charge < -0.3 is 125 Å². The summed E-state index contributed by atoms with van der Waals surface area (Å²) in [4.78, 5) is 256. The first-order valence-electron chi connectivity index (χ1n) is 44.3. The molecule has 2 aromatic heterocycles. The molecule has 15 atom stereocenters. The third-order valence-corrected chi connectivity index (χ3v) is 23.8. The first-order chi connectivity index (χ1) is 61.8. The van der Waals surface area contributed by atoms with Crippen molar-refractivity contribution in [3.8, 4) is 5.75 Å². The SMILES string of the molecule is CCCC[C@H]1C(=O)N(C)[C@@H](CCCC)C(=O)NC(CC(C)C)C(=O)N[C@H](C(N)=O)CNCC(=O)N[C@@H](Cc2ccc(O)cc2)C(=O)N(C)[C@@H](C)C(=O)N[C@@H](CC(N)=O)C(=O)N2CCC[C@H]2C(=O)N[C@@H](CN)C(=O)N[C@@H](CC(C)C)C(=O)N2C[C@H](O)C[C@H]2C(=O)N[C@@H](Cc2c[nH]c3ccccc23)C(=O)N[C@@H](CCN)C(=O)N[C@@H](Cc2cn(COC=O)c3ccccc23)C(=O)N1C. The number of ether oxygens (including phenoxy) is 1. The quantitative estimate of drug-likeness (QED) is 0.0270. The lowest BCUT2D eigenvalue weighted by atomic mass is 9.99. The van der Waals surface area contributed by atoms with Crippen LogP contribution in [0, 0.1) is 11.8 Å². The number of carbonyl (C=O) groups is 17. The van der Waals surface area contributed by atoms with E-state index in [-0.39, 0.29) is 115 Å². The summed E-state index contributed by atoms with van der Waals surface area (Å²) in [5.74, 6) is -15.4. The van der Waals surface area contributed by atoms with Gasteiger partial charge in [0.25, 0.3) is 6.47 Å². The fraction of sp³-hybridized carbons (Fsp3) is 0.562. The Hall–Kier alpha value is -12.6. The fourth-order valence-corrected chi connectivity index (χ4v) is 16.6. The van der Waals surface area contributed by atoms with E-state index in [0.29, 0.717) is 64.2 Å². The molecule has 710 valence electrons. The molecule has 3 fully saturated rings. The molecule has 3 aliphatic heterocycles. The van der Waals surface area contributed by atoms with E-state index in [4.69, 9.17) is 27.7 Å². The molecule has 5 aromatic rings. The summed E-state index contributed by atoms with van der Waals surface area (Å²) >= 11 is 0. The molecule has 130 heavy (non-hydrogen) atoms. The number of aromatic nitrogens is 2. The molecular formula is C89H129N21O20. The zero-order chi connectivity index (χ0) is 95.5. The number of amides is 16. The van der Waals surface area contributed by atoms with E-state index in [2.05, 4.69) is 58.2 Å². The van der Waals surface area contributed by atoms with E-state index in [1.165, 1.54) is 62.1 Å². The second-order valence-electron chi connectivity index (χ2n) is 34.5. The van der Waals surface area contributed by atoms with Crippen LogP contribution in [-0.4, -0.2) is 296 Å². The number of hydrogen-bond donors (Lipinski definition) is 17. The van der Waals surface area contributed by atoms with Crippen LogP contribution in [0.1, 0.15) is 149 Å². The van der Waals surface area contributed by atoms with Crippen molar-refractivity contribution in [1.82, 2.24) is 87.2 Å². The van der Waals surface area contributed by atoms with E-state index in [1.54, 1.807) is 93.2 Å². The lowest BCUT2D eigenvalue weighted by Crippen LogP contribution is -2.62. The van der Waals surface area contributed by atoms with Crippen molar-refractivity contribution in [3.05, 3.63) is 102 Å². The van der Waals surface area contributed by atoms with Gasteiger partial charge in [-0.3, -0.25) is 81.5 Å². The summed E-state index contributed by atoms with van der Waals surface area (Å²) in [5, 5.41) is 49.7. The molecule has 0 radical (unpaired) electrons. The summed E-state index contributed by atoms with van der Waals surface area (Å²) in [5.41, 5.74) is 26.6. The first kappa shape index (κ1) is 103. The molecule has 3 aliphatic rings. The maximum atomic E-state index is 15.9. The van der Waals surface area contributed by atoms with Gasteiger partial charge in [-0.15, -0.1) is 0 Å². The van der Waals surface area contributed by atoms with Crippen LogP contribution in [0.15, 0.2) is 85.2 Å². The van der Waals surface area contributed by atoms with Gasteiger partial charge in [-0.05, 0) is 111 Å². The lowest BCUT2D eigenvalue weighted by Gasteiger charge is -2.36. The van der Waals surface area contributed by atoms with Gasteiger partial charge >= 0.3 is 0 Å². The molecule has 3 saturated heterocycles. The van der Waals surface area contributed by atoms with Crippen LogP contribution in [0.3, 0.4) is 0 Å². The molecule has 21 N–H and O–H groups in total. The highest BCUT2D eigenvalue weighted by Crippen LogP contribution is 2.29. The van der Waals surface area contributed by atoms with Crippen molar-refractivity contribution in [3.63, 3.8) is 0 Å². The average Bonchev–Trinajstić information content (AvgIpc) is 1.64. The number of aromatic hydroxyl groups is 1. The van der Waals surface area contributed by atoms with Crippen LogP contribution >= 0.6 is 0 Å². The number of rotatable bonds is 25. The Bertz CT molecular complexity index is 4850. The van der Waals surface area contributed by atoms with Crippen molar-refractivity contribution < 1.29 is 96.5 Å². The Morgan fingerprint density at radius 2 is 1.10 bits per heavy atom. The molecule has 41 heteroatoms. The number of aromatic amines is 1. The number of aliphatic hydroxyl groups is 1. The summed E-state index contributed by atoms with van der Waals surface area (Å²) in [6.45, 7) is 9.52. The second kappa shape index (κ2) is 48.7. The number of para-hydroxylation sites is 2. The Balaban J connectivity index is 1.19. The van der Waals surface area contributed by atoms with Gasteiger partial charge in [-0.1, -0.05) is 116 Å². The van der Waals surface area contributed by atoms with Crippen molar-refractivity contribution in [2.45, 2.75) is 249 Å². The number of fused-ring (bicyclic) bond motifs is 4. The minimum absolute atomic E-state index is 0.00356. The predicted octanol–water partition coefficient (Wildman–Crippen LogP) is -2.45. The highest BCUT2D eigenvalue weighted by molar-refractivity contribution is 6.02. The number of aliphatic hydroxyl groups excluding tert-OH is 1. The predicted molar refractivity (Wildman–Crippen MR) is 477 cm³/mol. The number of phenolic OH excluding ortho intramolecular Hbond substituents is 1. The Morgan fingerprint density at radius 3 is 1.75 bits per heavy atom. The third-order valence-electron chi connectivity index (χ3n) is 23.8. The van der Waals surface area contributed by atoms with Crippen molar-refractivity contribution in [2.75, 3.05) is 60.4 Å². The van der Waals surface area contributed by atoms with Crippen molar-refractivity contribution in [1.29, 1.82) is 0 Å². The van der Waals surface area contributed by atoms with Gasteiger partial charge in [0, 0.05) is 102 Å². The molecule has 0 spiro atoms. The Labute approximate surface area is 754 Å². The number of nitrogens with two attached hydrogens (primary N) is 4. The Morgan fingerprint density at radius 1 is 0.554 bits per heavy atom. The van der Waals surface area contributed by atoms with Crippen LogP contribution in [0.4, 0.5) is 0 Å². The minimum atomic E-state index is -1.75. The van der Waals surface area contributed by atoms with E-state index < -0.39 is 218 Å². The highest BCUT2D eigenvalue weighted by atomic mass is 16.5. The second-order valence-corrected chi connectivity index (χ2v) is 34.5. The number of primary amides is 2. The topological polar surface area (TPSA) is 601 Å². The van der Waals surface area contributed by atoms with Gasteiger partial charge in [0.15, 0.2) is 6.73 Å². The zero-order valence-electron chi connectivity index (χ0n) is 75.5. The summed E-state index contributed by atoms with van der Waals surface area (Å²) in [7, 11) is 3.98. The average molecular weight is 1810 g/mol. The van der Waals surface area contributed by atoms with Gasteiger partial charge in [0.1, 0.15) is 90.3 Å². The monoisotopic (exact) mass is 1810 g/mol. The molecular weight excluding hydrogens is 1680 g/mol. The van der Waals surface area contributed by atoms with Crippen LogP contribution in [-0.2, 0) is 112 Å². The third kappa shape index (κ3) is 27.7. The number of benzene rings is 3. The van der Waals surface area contributed by atoms with E-state index in [9.17, 15) is 58.2 Å². The maximum Gasteiger partial charge on any atom is 0.294 e. The number of carbonyl (C=O) groups excluding carboxylic acids is 17. The highest BCUT2D eigenvalue weighted by Gasteiger charge is 2.47. The molecule has 3 aromatic carbocycles. The molecule has 0 aliphatic carbocycles. The molecule has 0 bridgehead atoms. The number of likely N-dealkylation sites (N-methyl/N-ethyl adjacent to an activating group) is 3. The number of hydrogen-bond acceptors (Lipinski definition) is 23. The van der Waals surface area contributed by atoms with Gasteiger partial charge in [-0.2, -0.15) is 0 Å². The van der Waals surface area contributed by atoms with Crippen LogP contribution < -0.4 is 76.1 Å². The fourth-order valence-electron chi connectivity index (χ4n) is 16.6. The number of phenols is 1. The van der Waals surface area contributed by atoms with Gasteiger partial charge in [0.05, 0.1) is 24.6 Å². The lowest BCUT2D eigenvalue weighted by molar-refractivity contribution is -0.149. The number of nitrogens with zero attached hydrogens (tertiary/aromatic N) is 6. The summed E-state index contributed by atoms with van der Waals surface area (Å²) < 4.78 is 6.79.